The SMILES string of the molecule is CN(Cc1nc2ccccc2s1)S(=O)(=O)C1=Cc2ccccc2CC1. The molecule has 6 heteroatoms. The van der Waals surface area contributed by atoms with Gasteiger partial charge in [0.05, 0.1) is 21.7 Å². The summed E-state index contributed by atoms with van der Waals surface area (Å²) in [7, 11) is -1.85. The van der Waals surface area contributed by atoms with Gasteiger partial charge in [0.1, 0.15) is 5.01 Å². The first-order valence-corrected chi connectivity index (χ1v) is 10.4. The summed E-state index contributed by atoms with van der Waals surface area (Å²) in [5.74, 6) is 0. The van der Waals surface area contributed by atoms with E-state index in [1.165, 1.54) is 9.87 Å². The number of aromatic nitrogens is 1. The van der Waals surface area contributed by atoms with Gasteiger partial charge in [0, 0.05) is 7.05 Å². The number of allylic oxidation sites excluding steroid dienone is 1. The Balaban J connectivity index is 1.60. The van der Waals surface area contributed by atoms with Crippen LogP contribution >= 0.6 is 11.3 Å². The number of benzene rings is 2. The second kappa shape index (κ2) is 6.37. The van der Waals surface area contributed by atoms with Gasteiger partial charge in [-0.3, -0.25) is 0 Å². The highest BCUT2D eigenvalue weighted by Gasteiger charge is 2.26. The molecule has 0 aliphatic heterocycles. The molecule has 0 radical (unpaired) electrons. The van der Waals surface area contributed by atoms with Crippen LogP contribution in [0.1, 0.15) is 22.6 Å². The van der Waals surface area contributed by atoms with Crippen LogP contribution in [-0.2, 0) is 23.0 Å². The van der Waals surface area contributed by atoms with Gasteiger partial charge < -0.3 is 0 Å². The molecule has 4 nitrogen and oxygen atoms in total. The van der Waals surface area contributed by atoms with Crippen molar-refractivity contribution in [2.75, 3.05) is 7.05 Å². The van der Waals surface area contributed by atoms with E-state index in [1.54, 1.807) is 18.4 Å². The molecule has 0 saturated carbocycles. The zero-order chi connectivity index (χ0) is 17.4. The lowest BCUT2D eigenvalue weighted by Crippen LogP contribution is -2.28. The van der Waals surface area contributed by atoms with Gasteiger partial charge in [-0.05, 0) is 42.2 Å². The smallest absolute Gasteiger partial charge is 0.239 e. The van der Waals surface area contributed by atoms with Crippen LogP contribution in [0.2, 0.25) is 0 Å². The number of aryl methyl sites for hydroxylation is 1. The maximum Gasteiger partial charge on any atom is 0.239 e. The van der Waals surface area contributed by atoms with Crippen LogP contribution in [0.25, 0.3) is 16.3 Å². The largest absolute Gasteiger partial charge is 0.240 e. The number of sulfonamides is 1. The highest BCUT2D eigenvalue weighted by atomic mass is 32.2. The number of hydrogen-bond acceptors (Lipinski definition) is 4. The Hall–Kier alpha value is -2.02. The molecule has 3 aromatic rings. The molecule has 0 bridgehead atoms. The van der Waals surface area contributed by atoms with E-state index in [2.05, 4.69) is 11.1 Å². The first-order chi connectivity index (χ1) is 12.0. The molecule has 0 unspecified atom stereocenters. The number of hydrogen-bond donors (Lipinski definition) is 0. The number of rotatable bonds is 4. The monoisotopic (exact) mass is 370 g/mol. The van der Waals surface area contributed by atoms with Crippen molar-refractivity contribution in [1.82, 2.24) is 9.29 Å². The third-order valence-electron chi connectivity index (χ3n) is 4.45. The fourth-order valence-corrected chi connectivity index (χ4v) is 5.50. The third kappa shape index (κ3) is 3.13. The van der Waals surface area contributed by atoms with Gasteiger partial charge in [0.2, 0.25) is 10.0 Å². The van der Waals surface area contributed by atoms with Crippen LogP contribution < -0.4 is 0 Å². The van der Waals surface area contributed by atoms with E-state index in [9.17, 15) is 8.42 Å². The van der Waals surface area contributed by atoms with E-state index < -0.39 is 10.0 Å². The van der Waals surface area contributed by atoms with Gasteiger partial charge in [-0.2, -0.15) is 4.31 Å². The summed E-state index contributed by atoms with van der Waals surface area (Å²) in [6, 6.07) is 15.8. The molecule has 1 aliphatic rings. The lowest BCUT2D eigenvalue weighted by atomic mass is 9.98. The van der Waals surface area contributed by atoms with E-state index in [1.807, 2.05) is 48.5 Å². The molecule has 1 aliphatic carbocycles. The van der Waals surface area contributed by atoms with Gasteiger partial charge in [0.15, 0.2) is 0 Å². The second-order valence-corrected chi connectivity index (χ2v) is 9.36. The quantitative estimate of drug-likeness (QED) is 0.696. The van der Waals surface area contributed by atoms with Crippen molar-refractivity contribution < 1.29 is 8.42 Å². The van der Waals surface area contributed by atoms with Crippen LogP contribution in [-0.4, -0.2) is 24.8 Å². The predicted octanol–water partition coefficient (Wildman–Crippen LogP) is 4.05. The highest BCUT2D eigenvalue weighted by molar-refractivity contribution is 7.93. The van der Waals surface area contributed by atoms with E-state index >= 15 is 0 Å². The molecule has 0 N–H and O–H groups in total. The molecular weight excluding hydrogens is 352 g/mol. The molecule has 128 valence electrons. The van der Waals surface area contributed by atoms with Gasteiger partial charge in [-0.15, -0.1) is 11.3 Å². The summed E-state index contributed by atoms with van der Waals surface area (Å²) in [6.07, 6.45) is 3.11. The summed E-state index contributed by atoms with van der Waals surface area (Å²) in [4.78, 5) is 5.02. The minimum Gasteiger partial charge on any atom is -0.240 e. The Labute approximate surface area is 151 Å². The molecule has 0 fully saturated rings. The van der Waals surface area contributed by atoms with Crippen LogP contribution in [0.3, 0.4) is 0 Å². The first kappa shape index (κ1) is 16.4. The Bertz CT molecular complexity index is 1030. The average Bonchev–Trinajstić information content (AvgIpc) is 3.03. The van der Waals surface area contributed by atoms with Crippen LogP contribution in [0.5, 0.6) is 0 Å². The summed E-state index contributed by atoms with van der Waals surface area (Å²) in [5.41, 5.74) is 3.12. The van der Waals surface area contributed by atoms with Gasteiger partial charge in [-0.25, -0.2) is 13.4 Å². The van der Waals surface area contributed by atoms with E-state index in [0.717, 1.165) is 27.2 Å². The first-order valence-electron chi connectivity index (χ1n) is 8.13. The zero-order valence-corrected chi connectivity index (χ0v) is 15.5. The van der Waals surface area contributed by atoms with Crippen LogP contribution in [0, 0.1) is 0 Å². The number of nitrogens with zero attached hydrogens (tertiary/aromatic N) is 2. The van der Waals surface area contributed by atoms with Crippen LogP contribution in [0.15, 0.2) is 53.4 Å². The molecule has 4 rings (SSSR count). The van der Waals surface area contributed by atoms with E-state index in [-0.39, 0.29) is 0 Å². The van der Waals surface area contributed by atoms with Crippen LogP contribution in [0.4, 0.5) is 0 Å². The summed E-state index contributed by atoms with van der Waals surface area (Å²) < 4.78 is 28.4. The normalized spacial score (nSPS) is 14.6. The average molecular weight is 370 g/mol. The number of para-hydroxylation sites is 1. The second-order valence-electron chi connectivity index (χ2n) is 6.15. The van der Waals surface area contributed by atoms with Crippen molar-refractivity contribution in [2.24, 2.45) is 0 Å². The van der Waals surface area contributed by atoms with Gasteiger partial charge in [0.25, 0.3) is 0 Å². The number of thiazole rings is 1. The lowest BCUT2D eigenvalue weighted by Gasteiger charge is -2.21. The Kier molecular flexibility index (Phi) is 4.19. The van der Waals surface area contributed by atoms with Gasteiger partial charge in [-0.1, -0.05) is 36.4 Å². The standard InChI is InChI=1S/C19H18N2O2S2/c1-21(13-19-20-17-8-4-5-9-18(17)24-19)25(22,23)16-11-10-14-6-2-3-7-15(14)12-16/h2-9,12H,10-11,13H2,1H3. The molecule has 0 amide bonds. The molecule has 2 aromatic carbocycles. The van der Waals surface area contributed by atoms with E-state index in [4.69, 9.17) is 0 Å². The van der Waals surface area contributed by atoms with Crippen molar-refractivity contribution in [1.29, 1.82) is 0 Å². The predicted molar refractivity (Wildman–Crippen MR) is 103 cm³/mol. The zero-order valence-electron chi connectivity index (χ0n) is 13.8. The fraction of sp³-hybridized carbons (Fsp3) is 0.211. The molecule has 1 aromatic heterocycles. The van der Waals surface area contributed by atoms with Crippen molar-refractivity contribution in [3.05, 3.63) is 69.6 Å². The Morgan fingerprint density at radius 2 is 1.84 bits per heavy atom. The molecular formula is C19H18N2O2S2. The molecule has 0 spiro atoms. The van der Waals surface area contributed by atoms with Crippen molar-refractivity contribution in [3.63, 3.8) is 0 Å². The summed E-state index contributed by atoms with van der Waals surface area (Å²) in [6.45, 7) is 0.292. The molecule has 25 heavy (non-hydrogen) atoms. The van der Waals surface area contributed by atoms with Crippen molar-refractivity contribution in [3.8, 4) is 0 Å². The summed E-state index contributed by atoms with van der Waals surface area (Å²) in [5, 5.41) is 0.809. The molecule has 1 heterocycles. The Morgan fingerprint density at radius 1 is 1.08 bits per heavy atom. The molecule has 0 saturated heterocycles. The molecule has 0 atom stereocenters. The fourth-order valence-electron chi connectivity index (χ4n) is 3.07. The lowest BCUT2D eigenvalue weighted by molar-refractivity contribution is 0.471. The maximum atomic E-state index is 12.9. The van der Waals surface area contributed by atoms with Crippen molar-refractivity contribution in [2.45, 2.75) is 19.4 Å². The maximum absolute atomic E-state index is 12.9. The van der Waals surface area contributed by atoms with Crippen molar-refractivity contribution >= 4 is 37.7 Å². The minimum absolute atomic E-state index is 0.292. The third-order valence-corrected chi connectivity index (χ3v) is 7.41. The summed E-state index contributed by atoms with van der Waals surface area (Å²) >= 11 is 1.54. The number of fused-ring (bicyclic) bond motifs is 2. The Morgan fingerprint density at radius 3 is 2.68 bits per heavy atom. The minimum atomic E-state index is -3.48. The van der Waals surface area contributed by atoms with E-state index in [0.29, 0.717) is 17.9 Å². The van der Waals surface area contributed by atoms with Gasteiger partial charge >= 0.3 is 0 Å². The topological polar surface area (TPSA) is 50.3 Å². The highest BCUT2D eigenvalue weighted by Crippen LogP contribution is 2.30.